The molecule has 9 heteroatoms. The predicted octanol–water partition coefficient (Wildman–Crippen LogP) is 4.22. The molecule has 200 valence electrons. The van der Waals surface area contributed by atoms with Crippen LogP contribution in [0.15, 0.2) is 48.5 Å². The number of ether oxygens (including phenoxy) is 4. The third-order valence-electron chi connectivity index (χ3n) is 6.11. The first kappa shape index (κ1) is 27.8. The van der Waals surface area contributed by atoms with Gasteiger partial charge < -0.3 is 29.2 Å². The molecule has 1 fully saturated rings. The zero-order valence-electron chi connectivity index (χ0n) is 22.2. The van der Waals surface area contributed by atoms with Crippen molar-refractivity contribution in [2.24, 2.45) is 0 Å². The van der Waals surface area contributed by atoms with Crippen molar-refractivity contribution in [3.63, 3.8) is 0 Å². The average Bonchev–Trinajstić information content (AvgIpc) is 2.87. The molecule has 1 atom stereocenters. The molecular weight excluding hydrogens is 476 g/mol. The second kappa shape index (κ2) is 12.0. The molecule has 2 aromatic rings. The van der Waals surface area contributed by atoms with Crippen molar-refractivity contribution in [2.75, 3.05) is 20.8 Å². The van der Waals surface area contributed by atoms with E-state index in [0.29, 0.717) is 24.3 Å². The summed E-state index contributed by atoms with van der Waals surface area (Å²) in [5.41, 5.74) is -0.220. The number of alkyl carbamates (subject to hydrolysis) is 1. The lowest BCUT2D eigenvalue weighted by Gasteiger charge is -2.50. The number of amides is 2. The van der Waals surface area contributed by atoms with Gasteiger partial charge in [-0.05, 0) is 51.3 Å². The molecule has 0 aromatic heterocycles. The number of nitrogens with one attached hydrogen (secondary N) is 1. The molecule has 1 aliphatic heterocycles. The van der Waals surface area contributed by atoms with E-state index < -0.39 is 23.2 Å². The van der Waals surface area contributed by atoms with Crippen LogP contribution in [-0.4, -0.2) is 54.8 Å². The highest BCUT2D eigenvalue weighted by molar-refractivity contribution is 5.99. The van der Waals surface area contributed by atoms with E-state index in [1.165, 1.54) is 0 Å². The molecular formula is C28H36N2O7. The summed E-state index contributed by atoms with van der Waals surface area (Å²) in [6, 6.07) is 14.7. The van der Waals surface area contributed by atoms with Gasteiger partial charge in [-0.1, -0.05) is 30.3 Å². The maximum atomic E-state index is 13.4. The van der Waals surface area contributed by atoms with E-state index in [9.17, 15) is 14.4 Å². The SMILES string of the molecule is COc1ccc(CN2C(=O)CC2(CCCNC(=O)OCc2ccccc2)C(=O)OC(C)(C)C)c(OC)c1. The Labute approximate surface area is 218 Å². The molecule has 0 radical (unpaired) electrons. The lowest BCUT2D eigenvalue weighted by Crippen LogP contribution is -2.68. The Kier molecular flexibility index (Phi) is 9.02. The highest BCUT2D eigenvalue weighted by atomic mass is 16.6. The molecule has 9 nitrogen and oxygen atoms in total. The van der Waals surface area contributed by atoms with Gasteiger partial charge in [0.05, 0.1) is 27.2 Å². The smallest absolute Gasteiger partial charge is 0.407 e. The van der Waals surface area contributed by atoms with E-state index >= 15 is 0 Å². The molecule has 1 saturated heterocycles. The van der Waals surface area contributed by atoms with Crippen molar-refractivity contribution >= 4 is 18.0 Å². The quantitative estimate of drug-likeness (QED) is 0.273. The summed E-state index contributed by atoms with van der Waals surface area (Å²) in [5.74, 6) is 0.567. The molecule has 0 spiro atoms. The molecule has 1 unspecified atom stereocenters. The Morgan fingerprint density at radius 2 is 1.78 bits per heavy atom. The Bertz CT molecular complexity index is 1100. The molecule has 3 rings (SSSR count). The number of esters is 1. The Morgan fingerprint density at radius 3 is 2.41 bits per heavy atom. The van der Waals surface area contributed by atoms with Crippen LogP contribution in [0, 0.1) is 0 Å². The molecule has 0 bridgehead atoms. The van der Waals surface area contributed by atoms with Crippen LogP contribution in [0.5, 0.6) is 11.5 Å². The number of rotatable bonds is 11. The summed E-state index contributed by atoms with van der Waals surface area (Å²) in [6.45, 7) is 6.00. The van der Waals surface area contributed by atoms with E-state index in [4.69, 9.17) is 18.9 Å². The number of hydrogen-bond donors (Lipinski definition) is 1. The van der Waals surface area contributed by atoms with Crippen molar-refractivity contribution in [1.29, 1.82) is 0 Å². The summed E-state index contributed by atoms with van der Waals surface area (Å²) in [4.78, 5) is 39.8. The fourth-order valence-electron chi connectivity index (χ4n) is 4.21. The van der Waals surface area contributed by atoms with Crippen LogP contribution in [0.3, 0.4) is 0 Å². The minimum absolute atomic E-state index is 0.0405. The van der Waals surface area contributed by atoms with Gasteiger partial charge in [-0.2, -0.15) is 0 Å². The van der Waals surface area contributed by atoms with Crippen LogP contribution in [0.25, 0.3) is 0 Å². The molecule has 1 heterocycles. The van der Waals surface area contributed by atoms with Gasteiger partial charge in [0.2, 0.25) is 5.91 Å². The number of β-lactam (4-membered cyclic amide) rings is 1. The molecule has 37 heavy (non-hydrogen) atoms. The number of benzene rings is 2. The molecule has 1 aliphatic rings. The van der Waals surface area contributed by atoms with Crippen LogP contribution < -0.4 is 14.8 Å². The van der Waals surface area contributed by atoms with E-state index in [1.807, 2.05) is 36.4 Å². The second-order valence-electron chi connectivity index (χ2n) is 9.96. The summed E-state index contributed by atoms with van der Waals surface area (Å²) >= 11 is 0. The van der Waals surface area contributed by atoms with Crippen molar-refractivity contribution in [3.05, 3.63) is 59.7 Å². The highest BCUT2D eigenvalue weighted by Gasteiger charge is 2.57. The maximum absolute atomic E-state index is 13.4. The maximum Gasteiger partial charge on any atom is 0.407 e. The molecule has 2 amide bonds. The van der Waals surface area contributed by atoms with Crippen LogP contribution >= 0.6 is 0 Å². The first-order valence-corrected chi connectivity index (χ1v) is 12.3. The lowest BCUT2D eigenvalue weighted by molar-refractivity contribution is -0.190. The zero-order valence-corrected chi connectivity index (χ0v) is 22.2. The molecule has 0 aliphatic carbocycles. The van der Waals surface area contributed by atoms with Gasteiger partial charge in [0.1, 0.15) is 29.2 Å². The van der Waals surface area contributed by atoms with Gasteiger partial charge in [-0.25, -0.2) is 9.59 Å². The Morgan fingerprint density at radius 1 is 1.05 bits per heavy atom. The monoisotopic (exact) mass is 512 g/mol. The lowest BCUT2D eigenvalue weighted by atomic mass is 9.79. The van der Waals surface area contributed by atoms with Gasteiger partial charge >= 0.3 is 12.1 Å². The first-order chi connectivity index (χ1) is 17.6. The van der Waals surface area contributed by atoms with Crippen molar-refractivity contribution in [3.8, 4) is 11.5 Å². The molecule has 2 aromatic carbocycles. The fourth-order valence-corrected chi connectivity index (χ4v) is 4.21. The van der Waals surface area contributed by atoms with Crippen LogP contribution in [0.1, 0.15) is 51.2 Å². The van der Waals surface area contributed by atoms with Crippen molar-refractivity contribution < 1.29 is 33.3 Å². The number of nitrogens with zero attached hydrogens (tertiary/aromatic N) is 1. The van der Waals surface area contributed by atoms with Gasteiger partial charge in [0, 0.05) is 18.2 Å². The number of carbonyl (C=O) groups excluding carboxylic acids is 3. The first-order valence-electron chi connectivity index (χ1n) is 12.3. The van der Waals surface area contributed by atoms with Gasteiger partial charge in [0.15, 0.2) is 0 Å². The van der Waals surface area contributed by atoms with Crippen LogP contribution in [0.4, 0.5) is 4.79 Å². The standard InChI is InChI=1S/C28H36N2O7/c1-27(2,3)37-25(32)28(14-9-15-29-26(33)36-19-20-10-7-6-8-11-20)17-24(31)30(28)18-21-12-13-22(34-4)16-23(21)35-5/h6-8,10-13,16H,9,14-15,17-19H2,1-5H3,(H,29,33). The second-order valence-corrected chi connectivity index (χ2v) is 9.96. The number of likely N-dealkylation sites (tertiary alicyclic amines) is 1. The van der Waals surface area contributed by atoms with Crippen LogP contribution in [-0.2, 0) is 32.2 Å². The summed E-state index contributed by atoms with van der Waals surface area (Å²) in [5, 5.41) is 2.72. The van der Waals surface area contributed by atoms with E-state index in [0.717, 1.165) is 11.1 Å². The summed E-state index contributed by atoms with van der Waals surface area (Å²) in [7, 11) is 3.10. The molecule has 0 saturated carbocycles. The van der Waals surface area contributed by atoms with Crippen LogP contribution in [0.2, 0.25) is 0 Å². The third-order valence-corrected chi connectivity index (χ3v) is 6.11. The normalized spacial score (nSPS) is 17.0. The van der Waals surface area contributed by atoms with Crippen molar-refractivity contribution in [1.82, 2.24) is 10.2 Å². The highest BCUT2D eigenvalue weighted by Crippen LogP contribution is 2.41. The van der Waals surface area contributed by atoms with Gasteiger partial charge in [-0.15, -0.1) is 0 Å². The Hall–Kier alpha value is -3.75. The minimum atomic E-state index is -1.13. The zero-order chi connectivity index (χ0) is 27.1. The number of methoxy groups -OCH3 is 2. The molecule has 1 N–H and O–H groups in total. The van der Waals surface area contributed by atoms with E-state index in [1.54, 1.807) is 52.0 Å². The average molecular weight is 513 g/mol. The van der Waals surface area contributed by atoms with E-state index in [2.05, 4.69) is 5.32 Å². The topological polar surface area (TPSA) is 103 Å². The largest absolute Gasteiger partial charge is 0.497 e. The van der Waals surface area contributed by atoms with Gasteiger partial charge in [-0.3, -0.25) is 4.79 Å². The minimum Gasteiger partial charge on any atom is -0.497 e. The van der Waals surface area contributed by atoms with E-state index in [-0.39, 0.29) is 32.0 Å². The van der Waals surface area contributed by atoms with Crippen molar-refractivity contribution in [2.45, 2.75) is 64.3 Å². The summed E-state index contributed by atoms with van der Waals surface area (Å²) < 4.78 is 21.7. The predicted molar refractivity (Wildman–Crippen MR) is 137 cm³/mol. The number of carbonyl (C=O) groups is 3. The fraction of sp³-hybridized carbons (Fsp3) is 0.464. The van der Waals surface area contributed by atoms with Gasteiger partial charge in [0.25, 0.3) is 0 Å². The third kappa shape index (κ3) is 7.15. The number of hydrogen-bond acceptors (Lipinski definition) is 7. The Balaban J connectivity index is 1.67. The summed E-state index contributed by atoms with van der Waals surface area (Å²) in [6.07, 6.45) is 0.271.